The van der Waals surface area contributed by atoms with E-state index in [9.17, 15) is 18.0 Å². The third-order valence-corrected chi connectivity index (χ3v) is 6.71. The molecule has 1 fully saturated rings. The highest BCUT2D eigenvalue weighted by Gasteiger charge is 2.21. The summed E-state index contributed by atoms with van der Waals surface area (Å²) in [6.07, 6.45) is 0. The summed E-state index contributed by atoms with van der Waals surface area (Å²) in [4.78, 5) is 27.0. The lowest BCUT2D eigenvalue weighted by Crippen LogP contribution is -2.49. The van der Waals surface area contributed by atoms with Crippen molar-refractivity contribution in [2.24, 2.45) is 0 Å². The number of amides is 1. The normalized spacial score (nSPS) is 15.6. The van der Waals surface area contributed by atoms with Gasteiger partial charge in [0, 0.05) is 50.7 Å². The van der Waals surface area contributed by atoms with E-state index < -0.39 is 16.0 Å². The molecule has 1 aromatic carbocycles. The molecule has 1 N–H and O–H groups in total. The first kappa shape index (κ1) is 21.8. The standard InChI is InChI=1S/C17H24BrN3O5S/c1-3-26-17(23)14-4-5-16(15(18)12-14)27(24,25)19-6-7-20-8-10-21(11-9-20)13(2)22/h4-5,12,19H,3,6-11H2,1-2H3. The van der Waals surface area contributed by atoms with Crippen molar-refractivity contribution in [2.75, 3.05) is 45.9 Å². The number of nitrogens with one attached hydrogen (secondary N) is 1. The average Bonchev–Trinajstić information content (AvgIpc) is 2.62. The molecule has 1 aliphatic heterocycles. The smallest absolute Gasteiger partial charge is 0.338 e. The second-order valence-electron chi connectivity index (χ2n) is 6.11. The molecule has 27 heavy (non-hydrogen) atoms. The van der Waals surface area contributed by atoms with Crippen molar-refractivity contribution in [1.29, 1.82) is 0 Å². The van der Waals surface area contributed by atoms with Crippen LogP contribution >= 0.6 is 15.9 Å². The minimum absolute atomic E-state index is 0.0615. The number of benzene rings is 1. The number of sulfonamides is 1. The maximum atomic E-state index is 12.5. The number of esters is 1. The number of piperazine rings is 1. The molecule has 0 aliphatic carbocycles. The van der Waals surface area contributed by atoms with Gasteiger partial charge in [0.05, 0.1) is 17.1 Å². The van der Waals surface area contributed by atoms with Crippen LogP contribution in [-0.4, -0.2) is 76.0 Å². The Balaban J connectivity index is 1.91. The lowest BCUT2D eigenvalue weighted by atomic mass is 10.2. The van der Waals surface area contributed by atoms with Crippen molar-refractivity contribution >= 4 is 37.8 Å². The van der Waals surface area contributed by atoms with Gasteiger partial charge < -0.3 is 9.64 Å². The van der Waals surface area contributed by atoms with Gasteiger partial charge >= 0.3 is 5.97 Å². The van der Waals surface area contributed by atoms with Crippen LogP contribution in [0.4, 0.5) is 0 Å². The van der Waals surface area contributed by atoms with Gasteiger partial charge in [0.2, 0.25) is 15.9 Å². The number of hydrogen-bond donors (Lipinski definition) is 1. The van der Waals surface area contributed by atoms with Crippen molar-refractivity contribution in [1.82, 2.24) is 14.5 Å². The molecule has 8 nitrogen and oxygen atoms in total. The van der Waals surface area contributed by atoms with Gasteiger partial charge in [0.1, 0.15) is 0 Å². The highest BCUT2D eigenvalue weighted by Crippen LogP contribution is 2.23. The van der Waals surface area contributed by atoms with E-state index in [2.05, 4.69) is 25.6 Å². The van der Waals surface area contributed by atoms with Crippen molar-refractivity contribution in [3.05, 3.63) is 28.2 Å². The molecule has 2 rings (SSSR count). The summed E-state index contributed by atoms with van der Waals surface area (Å²) in [6.45, 7) is 7.08. The summed E-state index contributed by atoms with van der Waals surface area (Å²) in [5.74, 6) is -0.439. The summed E-state index contributed by atoms with van der Waals surface area (Å²) < 4.78 is 32.8. The molecule has 1 aromatic rings. The fourth-order valence-corrected chi connectivity index (χ4v) is 4.86. The van der Waals surface area contributed by atoms with Gasteiger partial charge in [-0.3, -0.25) is 9.69 Å². The van der Waals surface area contributed by atoms with E-state index in [1.807, 2.05) is 0 Å². The Hall–Kier alpha value is -1.49. The number of hydrogen-bond acceptors (Lipinski definition) is 6. The van der Waals surface area contributed by atoms with Crippen LogP contribution in [-0.2, 0) is 19.6 Å². The predicted molar refractivity (Wildman–Crippen MR) is 104 cm³/mol. The van der Waals surface area contributed by atoms with Crippen LogP contribution in [0.25, 0.3) is 0 Å². The molecule has 0 unspecified atom stereocenters. The fourth-order valence-electron chi connectivity index (χ4n) is 2.76. The number of rotatable bonds is 7. The molecule has 0 bridgehead atoms. The van der Waals surface area contributed by atoms with Gasteiger partial charge in [-0.15, -0.1) is 0 Å². The zero-order chi connectivity index (χ0) is 20.0. The van der Waals surface area contributed by atoms with Gasteiger partial charge in [-0.05, 0) is 41.1 Å². The topological polar surface area (TPSA) is 96.0 Å². The lowest BCUT2D eigenvalue weighted by molar-refractivity contribution is -0.130. The van der Waals surface area contributed by atoms with Crippen LogP contribution in [0.3, 0.4) is 0 Å². The van der Waals surface area contributed by atoms with Crippen molar-refractivity contribution in [3.8, 4) is 0 Å². The SMILES string of the molecule is CCOC(=O)c1ccc(S(=O)(=O)NCCN2CCN(C(C)=O)CC2)c(Br)c1. The van der Waals surface area contributed by atoms with E-state index in [4.69, 9.17) is 4.74 Å². The molecule has 1 amide bonds. The molecule has 0 atom stereocenters. The van der Waals surface area contributed by atoms with Crippen LogP contribution in [0.2, 0.25) is 0 Å². The molecule has 1 heterocycles. The van der Waals surface area contributed by atoms with E-state index in [1.54, 1.807) is 18.7 Å². The van der Waals surface area contributed by atoms with E-state index in [0.717, 1.165) is 13.1 Å². The van der Waals surface area contributed by atoms with Crippen LogP contribution in [0.15, 0.2) is 27.6 Å². The summed E-state index contributed by atoms with van der Waals surface area (Å²) in [7, 11) is -3.71. The lowest BCUT2D eigenvalue weighted by Gasteiger charge is -2.34. The molecule has 0 radical (unpaired) electrons. The zero-order valence-electron chi connectivity index (χ0n) is 15.4. The Labute approximate surface area is 168 Å². The Kier molecular flexibility index (Phi) is 7.78. The van der Waals surface area contributed by atoms with Gasteiger partial charge in [-0.1, -0.05) is 0 Å². The van der Waals surface area contributed by atoms with Gasteiger partial charge in [-0.2, -0.15) is 0 Å². The Bertz CT molecular complexity index is 792. The third-order valence-electron chi connectivity index (χ3n) is 4.27. The van der Waals surface area contributed by atoms with Crippen LogP contribution in [0.5, 0.6) is 0 Å². The third kappa shape index (κ3) is 6.00. The number of carbonyl (C=O) groups is 2. The molecule has 150 valence electrons. The average molecular weight is 462 g/mol. The van der Waals surface area contributed by atoms with Gasteiger partial charge in [0.25, 0.3) is 0 Å². The summed E-state index contributed by atoms with van der Waals surface area (Å²) >= 11 is 3.22. The molecule has 10 heteroatoms. The number of nitrogens with zero attached hydrogens (tertiary/aromatic N) is 2. The Morgan fingerprint density at radius 3 is 2.44 bits per heavy atom. The minimum atomic E-state index is -3.71. The summed E-state index contributed by atoms with van der Waals surface area (Å²) in [6, 6.07) is 4.25. The minimum Gasteiger partial charge on any atom is -0.462 e. The maximum Gasteiger partial charge on any atom is 0.338 e. The van der Waals surface area contributed by atoms with Crippen LogP contribution in [0.1, 0.15) is 24.2 Å². The highest BCUT2D eigenvalue weighted by atomic mass is 79.9. The molecular weight excluding hydrogens is 438 g/mol. The predicted octanol–water partition coefficient (Wildman–Crippen LogP) is 1.07. The molecule has 0 saturated carbocycles. The van der Waals surface area contributed by atoms with Crippen LogP contribution < -0.4 is 4.72 Å². The molecule has 0 spiro atoms. The van der Waals surface area contributed by atoms with Gasteiger partial charge in [0.15, 0.2) is 0 Å². The summed E-state index contributed by atoms with van der Waals surface area (Å²) in [5.41, 5.74) is 0.283. The molecule has 1 saturated heterocycles. The van der Waals surface area contributed by atoms with Crippen LogP contribution in [0, 0.1) is 0 Å². The first-order valence-electron chi connectivity index (χ1n) is 8.69. The number of carbonyl (C=O) groups excluding carboxylic acids is 2. The number of ether oxygens (including phenoxy) is 1. The van der Waals surface area contributed by atoms with Crippen molar-refractivity contribution in [2.45, 2.75) is 18.7 Å². The quantitative estimate of drug-likeness (QED) is 0.610. The van der Waals surface area contributed by atoms with Crippen molar-refractivity contribution in [3.63, 3.8) is 0 Å². The second-order valence-corrected chi connectivity index (χ2v) is 8.70. The molecule has 1 aliphatic rings. The second kappa shape index (κ2) is 9.63. The maximum absolute atomic E-state index is 12.5. The monoisotopic (exact) mass is 461 g/mol. The number of halogens is 1. The largest absolute Gasteiger partial charge is 0.462 e. The Morgan fingerprint density at radius 1 is 1.22 bits per heavy atom. The Morgan fingerprint density at radius 2 is 1.89 bits per heavy atom. The fraction of sp³-hybridized carbons (Fsp3) is 0.529. The zero-order valence-corrected chi connectivity index (χ0v) is 17.8. The first-order valence-corrected chi connectivity index (χ1v) is 11.0. The van der Waals surface area contributed by atoms with E-state index >= 15 is 0 Å². The van der Waals surface area contributed by atoms with Crippen molar-refractivity contribution < 1.29 is 22.7 Å². The molecule has 0 aromatic heterocycles. The van der Waals surface area contributed by atoms with E-state index in [1.165, 1.54) is 18.2 Å². The van der Waals surface area contributed by atoms with E-state index in [0.29, 0.717) is 24.1 Å². The first-order chi connectivity index (χ1) is 12.7. The summed E-state index contributed by atoms with van der Waals surface area (Å²) in [5, 5.41) is 0. The van der Waals surface area contributed by atoms with E-state index in [-0.39, 0.29) is 29.5 Å². The highest BCUT2D eigenvalue weighted by molar-refractivity contribution is 9.10. The van der Waals surface area contributed by atoms with Gasteiger partial charge in [-0.25, -0.2) is 17.9 Å². The molecular formula is C17H24BrN3O5S.